The van der Waals surface area contributed by atoms with Crippen LogP contribution in [0, 0.1) is 0 Å². The monoisotopic (exact) mass is 930 g/mol. The van der Waals surface area contributed by atoms with Gasteiger partial charge in [-0.3, -0.25) is 18.1 Å². The summed E-state index contributed by atoms with van der Waals surface area (Å²) in [5.74, 6) is 1.52. The summed E-state index contributed by atoms with van der Waals surface area (Å²) in [6.45, 7) is 0. The second-order valence-electron chi connectivity index (χ2n) is 18.1. The predicted molar refractivity (Wildman–Crippen MR) is 272 cm³/mol. The molecular weight excluding hydrogens is 879 g/mol. The highest BCUT2D eigenvalue weighted by molar-refractivity contribution is 7.42. The first-order valence-corrected chi connectivity index (χ1v) is 26.2. The molecule has 4 atom stereocenters. The van der Waals surface area contributed by atoms with Crippen LogP contribution in [-0.4, -0.2) is 0 Å². The van der Waals surface area contributed by atoms with Gasteiger partial charge in [0.15, 0.2) is 0 Å². The van der Waals surface area contributed by atoms with Gasteiger partial charge in [-0.05, 0) is 119 Å². The van der Waals surface area contributed by atoms with Crippen molar-refractivity contribution in [3.05, 3.63) is 239 Å². The molecule has 0 radical (unpaired) electrons. The minimum Gasteiger partial charge on any atom is -0.425 e. The summed E-state index contributed by atoms with van der Waals surface area (Å²) in [4.78, 5) is 0. The largest absolute Gasteiger partial charge is 0.425 e. The summed E-state index contributed by atoms with van der Waals surface area (Å²) >= 11 is 0. The van der Waals surface area contributed by atoms with E-state index in [2.05, 4.69) is 170 Å². The van der Waals surface area contributed by atoms with Gasteiger partial charge >= 0.3 is 17.2 Å². The summed E-state index contributed by atoms with van der Waals surface area (Å²) in [6.07, 6.45) is 6.70. The van der Waals surface area contributed by atoms with Crippen LogP contribution >= 0.6 is 17.2 Å². The normalized spacial score (nSPS) is 20.4. The Bertz CT molecular complexity index is 2690. The SMILES string of the molecule is c1ccc(-c2cc3c(c(-c4c5c(cc(-c6ccccc6)c4OP4O[C@@H](c6ccccc6)[C@H](c6ccccc6)O4)CCCC5)c2OP2O[C@@H](c4ccccc4)[C@H](c4ccccc4)O2)CCCC3)cc1. The van der Waals surface area contributed by atoms with E-state index in [0.29, 0.717) is 0 Å². The van der Waals surface area contributed by atoms with Crippen LogP contribution in [0.3, 0.4) is 0 Å². The van der Waals surface area contributed by atoms with Crippen LogP contribution in [-0.2, 0) is 43.8 Å². The molecule has 12 rings (SSSR count). The van der Waals surface area contributed by atoms with Crippen LogP contribution in [0.2, 0.25) is 0 Å². The first-order chi connectivity index (χ1) is 33.7. The van der Waals surface area contributed by atoms with Gasteiger partial charge in [0.25, 0.3) is 0 Å². The Morgan fingerprint density at radius 3 is 0.926 bits per heavy atom. The Hall–Kier alpha value is -5.94. The van der Waals surface area contributed by atoms with Gasteiger partial charge in [0.2, 0.25) is 0 Å². The van der Waals surface area contributed by atoms with Crippen LogP contribution in [0.25, 0.3) is 33.4 Å². The average Bonchev–Trinajstić information content (AvgIpc) is 4.05. The molecule has 0 bridgehead atoms. The zero-order valence-corrected chi connectivity index (χ0v) is 39.6. The van der Waals surface area contributed by atoms with Crippen molar-refractivity contribution in [2.24, 2.45) is 0 Å². The van der Waals surface area contributed by atoms with E-state index < -0.39 is 17.2 Å². The van der Waals surface area contributed by atoms with E-state index in [4.69, 9.17) is 27.1 Å². The Morgan fingerprint density at radius 2 is 0.618 bits per heavy atom. The van der Waals surface area contributed by atoms with Crippen LogP contribution < -0.4 is 9.05 Å². The molecule has 8 aromatic rings. The summed E-state index contributed by atoms with van der Waals surface area (Å²) in [6, 6.07) is 67.7. The average molecular weight is 931 g/mol. The fourth-order valence-corrected chi connectivity index (χ4v) is 13.2. The maximum atomic E-state index is 7.53. The van der Waals surface area contributed by atoms with Crippen molar-refractivity contribution in [2.45, 2.75) is 75.8 Å². The maximum Gasteiger partial charge on any atom is 0.398 e. The highest BCUT2D eigenvalue weighted by Crippen LogP contribution is 2.65. The van der Waals surface area contributed by atoms with E-state index in [1.54, 1.807) is 0 Å². The number of rotatable bonds is 11. The zero-order chi connectivity index (χ0) is 45.2. The quantitative estimate of drug-likeness (QED) is 0.120. The first kappa shape index (κ1) is 43.3. The van der Waals surface area contributed by atoms with Crippen molar-refractivity contribution >= 4 is 17.2 Å². The van der Waals surface area contributed by atoms with Gasteiger partial charge in [-0.25, -0.2) is 0 Å². The highest BCUT2D eigenvalue weighted by atomic mass is 31.2. The molecule has 0 unspecified atom stereocenters. The molecule has 4 aliphatic rings. The Labute approximate surface area is 401 Å². The standard InChI is InChI=1S/C60H52O6P2/c1-7-23-41(24-8-1)51-39-47-35-19-21-37-49(47)53(59(51)65-67-61-55(43-27-11-3-12-28-43)56(62-67)44-29-13-4-14-30-44)54-50-38-22-20-36-48(50)40-52(42-25-9-2-10-26-42)60(54)66-68-63-57(45-31-15-5-16-32-45)58(64-68)46-33-17-6-18-34-46/h1-18,23-34,39-40,55-58H,19-22,35-38H2/t55-,56-,57-,58-/m0/s1. The summed E-state index contributed by atoms with van der Waals surface area (Å²) < 4.78 is 43.3. The lowest BCUT2D eigenvalue weighted by Gasteiger charge is -2.31. The zero-order valence-electron chi connectivity index (χ0n) is 37.8. The number of aryl methyl sites for hydroxylation is 2. The molecule has 0 amide bonds. The van der Waals surface area contributed by atoms with Crippen LogP contribution in [0.4, 0.5) is 0 Å². The molecule has 0 saturated carbocycles. The summed E-state index contributed by atoms with van der Waals surface area (Å²) in [5, 5.41) is 0. The molecule has 2 saturated heterocycles. The minimum absolute atomic E-state index is 0.367. The molecule has 338 valence electrons. The third kappa shape index (κ3) is 8.60. The molecule has 2 fully saturated rings. The van der Waals surface area contributed by atoms with E-state index in [9.17, 15) is 0 Å². The second kappa shape index (κ2) is 19.6. The second-order valence-corrected chi connectivity index (χ2v) is 20.2. The fraction of sp³-hybridized carbons (Fsp3) is 0.200. The topological polar surface area (TPSA) is 55.4 Å². The molecule has 8 aromatic carbocycles. The Morgan fingerprint density at radius 1 is 0.338 bits per heavy atom. The van der Waals surface area contributed by atoms with E-state index in [1.807, 2.05) is 24.3 Å². The van der Waals surface area contributed by atoms with Gasteiger partial charge < -0.3 is 9.05 Å². The lowest BCUT2D eigenvalue weighted by molar-refractivity contribution is 0.159. The molecule has 68 heavy (non-hydrogen) atoms. The molecule has 0 aromatic heterocycles. The van der Waals surface area contributed by atoms with Crippen molar-refractivity contribution in [1.82, 2.24) is 0 Å². The third-order valence-corrected chi connectivity index (χ3v) is 16.1. The van der Waals surface area contributed by atoms with Crippen LogP contribution in [0.15, 0.2) is 194 Å². The summed E-state index contributed by atoms with van der Waals surface area (Å²) in [7, 11) is -3.82. The molecular formula is C60H52O6P2. The van der Waals surface area contributed by atoms with E-state index >= 15 is 0 Å². The van der Waals surface area contributed by atoms with Crippen molar-refractivity contribution in [2.75, 3.05) is 0 Å². The molecule has 8 heteroatoms. The smallest absolute Gasteiger partial charge is 0.398 e. The number of benzene rings is 8. The van der Waals surface area contributed by atoms with Gasteiger partial charge in [-0.2, -0.15) is 0 Å². The van der Waals surface area contributed by atoms with Crippen molar-refractivity contribution in [1.29, 1.82) is 0 Å². The summed E-state index contributed by atoms with van der Waals surface area (Å²) in [5.41, 5.74) is 15.8. The molecule has 2 heterocycles. The Kier molecular flexibility index (Phi) is 12.5. The van der Waals surface area contributed by atoms with E-state index in [1.165, 1.54) is 22.3 Å². The van der Waals surface area contributed by atoms with Crippen molar-refractivity contribution in [3.8, 4) is 44.9 Å². The van der Waals surface area contributed by atoms with Gasteiger partial charge in [-0.1, -0.05) is 182 Å². The van der Waals surface area contributed by atoms with E-state index in [0.717, 1.165) is 119 Å². The van der Waals surface area contributed by atoms with Gasteiger partial charge in [0, 0.05) is 22.3 Å². The first-order valence-electron chi connectivity index (χ1n) is 24.1. The molecule has 2 aliphatic carbocycles. The van der Waals surface area contributed by atoms with E-state index in [-0.39, 0.29) is 24.4 Å². The molecule has 0 N–H and O–H groups in total. The predicted octanol–water partition coefficient (Wildman–Crippen LogP) is 16.7. The minimum atomic E-state index is -1.91. The number of fused-ring (bicyclic) bond motifs is 2. The molecule has 0 spiro atoms. The lowest BCUT2D eigenvalue weighted by atomic mass is 9.77. The van der Waals surface area contributed by atoms with Crippen LogP contribution in [0.1, 0.15) is 94.6 Å². The van der Waals surface area contributed by atoms with Crippen LogP contribution in [0.5, 0.6) is 11.5 Å². The number of hydrogen-bond acceptors (Lipinski definition) is 6. The Balaban J connectivity index is 1.07. The maximum absolute atomic E-state index is 7.53. The van der Waals surface area contributed by atoms with Gasteiger partial charge in [-0.15, -0.1) is 0 Å². The molecule has 2 aliphatic heterocycles. The van der Waals surface area contributed by atoms with Gasteiger partial charge in [0.05, 0.1) is 0 Å². The van der Waals surface area contributed by atoms with Gasteiger partial charge in [0.1, 0.15) is 35.9 Å². The third-order valence-electron chi connectivity index (χ3n) is 13.8. The number of hydrogen-bond donors (Lipinski definition) is 0. The lowest BCUT2D eigenvalue weighted by Crippen LogP contribution is -2.12. The van der Waals surface area contributed by atoms with Crippen molar-refractivity contribution < 1.29 is 27.1 Å². The highest BCUT2D eigenvalue weighted by Gasteiger charge is 2.45. The molecule has 6 nitrogen and oxygen atoms in total. The fourth-order valence-electron chi connectivity index (χ4n) is 10.5. The van der Waals surface area contributed by atoms with Crippen molar-refractivity contribution in [3.63, 3.8) is 0 Å².